The van der Waals surface area contributed by atoms with Gasteiger partial charge < -0.3 is 10.0 Å². The van der Waals surface area contributed by atoms with Crippen LogP contribution in [0.15, 0.2) is 41.3 Å². The number of benzene rings is 2. The molecule has 158 valence electrons. The van der Waals surface area contributed by atoms with Crippen LogP contribution in [0.25, 0.3) is 11.1 Å². The van der Waals surface area contributed by atoms with Crippen LogP contribution in [0.5, 0.6) is 0 Å². The van der Waals surface area contributed by atoms with E-state index >= 15 is 0 Å². The number of hydrogen-bond donors (Lipinski definition) is 1. The van der Waals surface area contributed by atoms with Gasteiger partial charge in [-0.05, 0) is 37.5 Å². The fraction of sp³-hybridized carbons (Fsp3) is 0.435. The van der Waals surface area contributed by atoms with E-state index in [1.807, 2.05) is 31.2 Å². The van der Waals surface area contributed by atoms with Crippen molar-refractivity contribution in [3.05, 3.63) is 47.5 Å². The van der Waals surface area contributed by atoms with Crippen LogP contribution in [0.2, 0.25) is 0 Å². The normalized spacial score (nSPS) is 11.4. The molecule has 0 amide bonds. The van der Waals surface area contributed by atoms with Crippen molar-refractivity contribution >= 4 is 21.5 Å². The van der Waals surface area contributed by atoms with Gasteiger partial charge in [0.15, 0.2) is 9.84 Å². The molecule has 0 spiro atoms. The highest BCUT2D eigenvalue weighted by atomic mass is 32.2. The molecule has 1 N–H and O–H groups in total. The van der Waals surface area contributed by atoms with Crippen molar-refractivity contribution in [2.75, 3.05) is 24.2 Å². The number of hydrogen-bond acceptors (Lipinski definition) is 4. The summed E-state index contributed by atoms with van der Waals surface area (Å²) in [6, 6.07) is 10.6. The van der Waals surface area contributed by atoms with Gasteiger partial charge in [-0.25, -0.2) is 13.2 Å². The highest BCUT2D eigenvalue weighted by Gasteiger charge is 2.24. The van der Waals surface area contributed by atoms with E-state index in [4.69, 9.17) is 0 Å². The van der Waals surface area contributed by atoms with Crippen molar-refractivity contribution in [1.82, 2.24) is 0 Å². The van der Waals surface area contributed by atoms with E-state index in [1.54, 1.807) is 6.07 Å². The predicted octanol–water partition coefficient (Wildman–Crippen LogP) is 5.17. The number of aromatic carboxylic acids is 1. The average molecular weight is 418 g/mol. The van der Waals surface area contributed by atoms with Crippen LogP contribution in [0, 0.1) is 6.92 Å². The molecule has 0 unspecified atom stereocenters. The summed E-state index contributed by atoms with van der Waals surface area (Å²) in [6.07, 6.45) is 5.03. The van der Waals surface area contributed by atoms with Crippen LogP contribution in [0.3, 0.4) is 0 Å². The maximum absolute atomic E-state index is 12.7. The molecule has 0 saturated carbocycles. The van der Waals surface area contributed by atoms with Crippen molar-refractivity contribution in [1.29, 1.82) is 0 Å². The SMILES string of the molecule is CCCCN(CCCC)c1cc(C(=O)O)cc(S(C)(=O)=O)c1-c1ccc(C)cc1. The molecule has 2 rings (SSSR count). The van der Waals surface area contributed by atoms with Gasteiger partial charge in [-0.3, -0.25) is 0 Å². The Labute approximate surface area is 174 Å². The lowest BCUT2D eigenvalue weighted by Gasteiger charge is -2.29. The van der Waals surface area contributed by atoms with E-state index in [0.717, 1.165) is 56.2 Å². The number of sulfone groups is 1. The van der Waals surface area contributed by atoms with Crippen LogP contribution >= 0.6 is 0 Å². The van der Waals surface area contributed by atoms with Gasteiger partial charge in [-0.2, -0.15) is 0 Å². The van der Waals surface area contributed by atoms with Gasteiger partial charge in [0.2, 0.25) is 0 Å². The first-order chi connectivity index (χ1) is 13.7. The maximum atomic E-state index is 12.7. The van der Waals surface area contributed by atoms with Gasteiger partial charge in [0, 0.05) is 30.6 Å². The molecule has 0 atom stereocenters. The number of anilines is 1. The number of aryl methyl sites for hydroxylation is 1. The van der Waals surface area contributed by atoms with Gasteiger partial charge in [0.25, 0.3) is 0 Å². The third-order valence-electron chi connectivity index (χ3n) is 4.97. The highest BCUT2D eigenvalue weighted by molar-refractivity contribution is 7.90. The van der Waals surface area contributed by atoms with Crippen LogP contribution in [0.1, 0.15) is 55.5 Å². The lowest BCUT2D eigenvalue weighted by Crippen LogP contribution is -2.27. The van der Waals surface area contributed by atoms with Crippen LogP contribution in [0.4, 0.5) is 5.69 Å². The molecule has 0 radical (unpaired) electrons. The fourth-order valence-electron chi connectivity index (χ4n) is 3.33. The molecule has 2 aromatic rings. The number of unbranched alkanes of at least 4 members (excludes halogenated alkanes) is 2. The van der Waals surface area contributed by atoms with Gasteiger partial charge in [-0.15, -0.1) is 0 Å². The molecule has 0 aliphatic rings. The Hall–Kier alpha value is -2.34. The molecule has 0 aliphatic carbocycles. The summed E-state index contributed by atoms with van der Waals surface area (Å²) in [5, 5.41) is 9.62. The van der Waals surface area contributed by atoms with E-state index < -0.39 is 15.8 Å². The second-order valence-electron chi connectivity index (χ2n) is 7.51. The molecule has 0 aromatic heterocycles. The summed E-state index contributed by atoms with van der Waals surface area (Å²) < 4.78 is 25.3. The zero-order valence-electron chi connectivity index (χ0n) is 17.7. The summed E-state index contributed by atoms with van der Waals surface area (Å²) >= 11 is 0. The van der Waals surface area contributed by atoms with Crippen molar-refractivity contribution in [3.63, 3.8) is 0 Å². The second-order valence-corrected chi connectivity index (χ2v) is 9.49. The smallest absolute Gasteiger partial charge is 0.335 e. The quantitative estimate of drug-likeness (QED) is 0.577. The first kappa shape index (κ1) is 22.9. The van der Waals surface area contributed by atoms with Crippen molar-refractivity contribution in [3.8, 4) is 11.1 Å². The summed E-state index contributed by atoms with van der Waals surface area (Å²) in [7, 11) is -3.63. The lowest BCUT2D eigenvalue weighted by atomic mass is 9.99. The Morgan fingerprint density at radius 3 is 2.00 bits per heavy atom. The Balaban J connectivity index is 2.84. The average Bonchev–Trinajstić information content (AvgIpc) is 2.67. The minimum absolute atomic E-state index is 0.00529. The lowest BCUT2D eigenvalue weighted by molar-refractivity contribution is 0.0696. The van der Waals surface area contributed by atoms with Gasteiger partial charge >= 0.3 is 5.97 Å². The molecule has 0 heterocycles. The predicted molar refractivity (Wildman–Crippen MR) is 119 cm³/mol. The third-order valence-corrected chi connectivity index (χ3v) is 6.09. The van der Waals surface area contributed by atoms with Crippen molar-refractivity contribution < 1.29 is 18.3 Å². The topological polar surface area (TPSA) is 74.7 Å². The van der Waals surface area contributed by atoms with Gasteiger partial charge in [0.1, 0.15) is 0 Å². The van der Waals surface area contributed by atoms with Crippen LogP contribution in [-0.2, 0) is 9.84 Å². The number of carbonyl (C=O) groups is 1. The number of carboxylic acids is 1. The number of rotatable bonds is 10. The third kappa shape index (κ3) is 5.82. The van der Waals surface area contributed by atoms with E-state index in [2.05, 4.69) is 18.7 Å². The summed E-state index contributed by atoms with van der Waals surface area (Å²) in [5.41, 5.74) is 3.11. The minimum Gasteiger partial charge on any atom is -0.478 e. The Kier molecular flexibility index (Phi) is 7.85. The van der Waals surface area contributed by atoms with Crippen LogP contribution in [-0.4, -0.2) is 38.8 Å². The first-order valence-corrected chi connectivity index (χ1v) is 12.0. The monoisotopic (exact) mass is 417 g/mol. The molecule has 0 bridgehead atoms. The zero-order valence-corrected chi connectivity index (χ0v) is 18.6. The van der Waals surface area contributed by atoms with Crippen molar-refractivity contribution in [2.24, 2.45) is 0 Å². The van der Waals surface area contributed by atoms with E-state index in [0.29, 0.717) is 11.3 Å². The van der Waals surface area contributed by atoms with E-state index in [-0.39, 0.29) is 10.5 Å². The van der Waals surface area contributed by atoms with Crippen LogP contribution < -0.4 is 4.90 Å². The van der Waals surface area contributed by atoms with Gasteiger partial charge in [-0.1, -0.05) is 56.5 Å². The van der Waals surface area contributed by atoms with Crippen molar-refractivity contribution in [2.45, 2.75) is 51.3 Å². The standard InChI is InChI=1S/C23H31NO4S/c1-5-7-13-24(14-8-6-2)20-15-19(23(25)26)16-21(29(4,27)28)22(20)18-11-9-17(3)10-12-18/h9-12,15-16H,5-8,13-14H2,1-4H3,(H,25,26). The fourth-order valence-corrected chi connectivity index (χ4v) is 4.26. The largest absolute Gasteiger partial charge is 0.478 e. The molecule has 5 nitrogen and oxygen atoms in total. The molecule has 2 aromatic carbocycles. The van der Waals surface area contributed by atoms with Gasteiger partial charge in [0.05, 0.1) is 10.5 Å². The molecule has 0 saturated heterocycles. The maximum Gasteiger partial charge on any atom is 0.335 e. The first-order valence-electron chi connectivity index (χ1n) is 10.1. The molecular weight excluding hydrogens is 386 g/mol. The number of carboxylic acid groups (broad SMARTS) is 1. The van der Waals surface area contributed by atoms with E-state index in [9.17, 15) is 18.3 Å². The minimum atomic E-state index is -3.63. The molecule has 6 heteroatoms. The molecule has 0 aliphatic heterocycles. The zero-order chi connectivity index (χ0) is 21.6. The Morgan fingerprint density at radius 1 is 1.00 bits per heavy atom. The molecular formula is C23H31NO4S. The Bertz CT molecular complexity index is 942. The molecule has 29 heavy (non-hydrogen) atoms. The molecule has 0 fully saturated rings. The number of nitrogens with zero attached hydrogens (tertiary/aromatic N) is 1. The second kappa shape index (κ2) is 9.92. The summed E-state index contributed by atoms with van der Waals surface area (Å²) in [4.78, 5) is 14.0. The Morgan fingerprint density at radius 2 is 1.55 bits per heavy atom. The van der Waals surface area contributed by atoms with E-state index in [1.165, 1.54) is 6.07 Å². The summed E-state index contributed by atoms with van der Waals surface area (Å²) in [5.74, 6) is -1.13. The highest BCUT2D eigenvalue weighted by Crippen LogP contribution is 2.38. The summed E-state index contributed by atoms with van der Waals surface area (Å²) in [6.45, 7) is 7.69.